The highest BCUT2D eigenvalue weighted by Gasteiger charge is 2.39. The van der Waals surface area contributed by atoms with Crippen LogP contribution >= 0.6 is 0 Å². The van der Waals surface area contributed by atoms with Crippen molar-refractivity contribution in [1.82, 2.24) is 5.32 Å². The molecule has 0 bridgehead atoms. The topological polar surface area (TPSA) is 64.3 Å². The summed E-state index contributed by atoms with van der Waals surface area (Å²) in [6.45, 7) is 1.11. The Kier molecular flexibility index (Phi) is 3.76. The molecular weight excluding hydrogens is 216 g/mol. The van der Waals surface area contributed by atoms with Crippen molar-refractivity contribution in [1.29, 1.82) is 0 Å². The Morgan fingerprint density at radius 1 is 1.47 bits per heavy atom. The standard InChI is InChI=1S/C13H18N2O2/c1-17-8-10-5-3-2-4-9(10)7-15-13(16)11-6-12(11)14/h2-5,11-12H,6-8,14H2,1H3,(H,15,16). The first-order chi connectivity index (χ1) is 8.22. The van der Waals surface area contributed by atoms with E-state index in [0.717, 1.165) is 17.5 Å². The molecule has 4 nitrogen and oxygen atoms in total. The predicted octanol–water partition coefficient (Wildman–Crippen LogP) is 0.796. The van der Waals surface area contributed by atoms with Crippen LogP contribution in [0.15, 0.2) is 24.3 Å². The monoisotopic (exact) mass is 234 g/mol. The molecule has 0 saturated heterocycles. The molecule has 4 heteroatoms. The van der Waals surface area contributed by atoms with E-state index in [1.54, 1.807) is 7.11 Å². The minimum absolute atomic E-state index is 0.0181. The second kappa shape index (κ2) is 5.29. The van der Waals surface area contributed by atoms with Gasteiger partial charge in [-0.05, 0) is 17.5 Å². The molecule has 1 amide bonds. The number of nitrogens with one attached hydrogen (secondary N) is 1. The normalized spacial score (nSPS) is 22.2. The van der Waals surface area contributed by atoms with Gasteiger partial charge in [0.15, 0.2) is 0 Å². The van der Waals surface area contributed by atoms with Crippen LogP contribution in [-0.2, 0) is 22.7 Å². The zero-order valence-corrected chi connectivity index (χ0v) is 9.98. The number of hydrogen-bond acceptors (Lipinski definition) is 3. The van der Waals surface area contributed by atoms with E-state index in [2.05, 4.69) is 5.32 Å². The number of methoxy groups -OCH3 is 1. The number of carbonyl (C=O) groups excluding carboxylic acids is 1. The molecule has 2 atom stereocenters. The van der Waals surface area contributed by atoms with Crippen molar-refractivity contribution in [2.45, 2.75) is 25.6 Å². The van der Waals surface area contributed by atoms with Gasteiger partial charge in [0.25, 0.3) is 0 Å². The summed E-state index contributed by atoms with van der Waals surface area (Å²) >= 11 is 0. The highest BCUT2D eigenvalue weighted by molar-refractivity contribution is 5.82. The quantitative estimate of drug-likeness (QED) is 0.792. The predicted molar refractivity (Wildman–Crippen MR) is 65.1 cm³/mol. The molecule has 0 heterocycles. The van der Waals surface area contributed by atoms with Gasteiger partial charge in [0.2, 0.25) is 5.91 Å². The van der Waals surface area contributed by atoms with E-state index in [0.29, 0.717) is 13.2 Å². The van der Waals surface area contributed by atoms with Crippen molar-refractivity contribution < 1.29 is 9.53 Å². The average molecular weight is 234 g/mol. The Morgan fingerprint density at radius 2 is 2.12 bits per heavy atom. The van der Waals surface area contributed by atoms with E-state index in [-0.39, 0.29) is 17.9 Å². The highest BCUT2D eigenvalue weighted by Crippen LogP contribution is 2.27. The van der Waals surface area contributed by atoms with Crippen molar-refractivity contribution in [2.24, 2.45) is 11.7 Å². The van der Waals surface area contributed by atoms with Gasteiger partial charge in [-0.3, -0.25) is 4.79 Å². The van der Waals surface area contributed by atoms with Crippen molar-refractivity contribution in [2.75, 3.05) is 7.11 Å². The molecule has 1 saturated carbocycles. The number of rotatable bonds is 5. The van der Waals surface area contributed by atoms with E-state index in [1.807, 2.05) is 24.3 Å². The minimum atomic E-state index is 0.0181. The Labute approximate surface area is 101 Å². The smallest absolute Gasteiger partial charge is 0.225 e. The van der Waals surface area contributed by atoms with Crippen LogP contribution < -0.4 is 11.1 Å². The Hall–Kier alpha value is -1.39. The van der Waals surface area contributed by atoms with Crippen LogP contribution in [0.3, 0.4) is 0 Å². The number of hydrogen-bond donors (Lipinski definition) is 2. The molecule has 1 fully saturated rings. The number of benzene rings is 1. The van der Waals surface area contributed by atoms with Crippen LogP contribution in [0.4, 0.5) is 0 Å². The van der Waals surface area contributed by atoms with Crippen molar-refractivity contribution in [3.8, 4) is 0 Å². The van der Waals surface area contributed by atoms with Crippen molar-refractivity contribution >= 4 is 5.91 Å². The summed E-state index contributed by atoms with van der Waals surface area (Å²) in [5.41, 5.74) is 7.83. The minimum Gasteiger partial charge on any atom is -0.380 e. The summed E-state index contributed by atoms with van der Waals surface area (Å²) in [6, 6.07) is 8.00. The Morgan fingerprint density at radius 3 is 2.71 bits per heavy atom. The van der Waals surface area contributed by atoms with Gasteiger partial charge in [-0.1, -0.05) is 24.3 Å². The summed E-state index contributed by atoms with van der Waals surface area (Å²) in [6.07, 6.45) is 0.811. The molecule has 17 heavy (non-hydrogen) atoms. The lowest BCUT2D eigenvalue weighted by atomic mass is 10.1. The van der Waals surface area contributed by atoms with Gasteiger partial charge in [-0.15, -0.1) is 0 Å². The summed E-state index contributed by atoms with van der Waals surface area (Å²) in [5, 5.41) is 2.92. The molecule has 3 N–H and O–H groups in total. The third-order valence-corrected chi connectivity index (χ3v) is 3.05. The van der Waals surface area contributed by atoms with E-state index in [9.17, 15) is 4.79 Å². The third-order valence-electron chi connectivity index (χ3n) is 3.05. The van der Waals surface area contributed by atoms with E-state index >= 15 is 0 Å². The summed E-state index contributed by atoms with van der Waals surface area (Å²) in [7, 11) is 1.67. The van der Waals surface area contributed by atoms with E-state index < -0.39 is 0 Å². The zero-order valence-electron chi connectivity index (χ0n) is 9.98. The summed E-state index contributed by atoms with van der Waals surface area (Å²) < 4.78 is 5.12. The van der Waals surface area contributed by atoms with Crippen LogP contribution in [0.25, 0.3) is 0 Å². The van der Waals surface area contributed by atoms with Crippen LogP contribution in [0.1, 0.15) is 17.5 Å². The molecule has 92 valence electrons. The number of amides is 1. The van der Waals surface area contributed by atoms with Crippen molar-refractivity contribution in [3.05, 3.63) is 35.4 Å². The highest BCUT2D eigenvalue weighted by atomic mass is 16.5. The first-order valence-electron chi connectivity index (χ1n) is 5.81. The fourth-order valence-electron chi connectivity index (χ4n) is 1.86. The average Bonchev–Trinajstić information content (AvgIpc) is 3.05. The molecule has 1 aromatic carbocycles. The van der Waals surface area contributed by atoms with Crippen LogP contribution in [-0.4, -0.2) is 19.1 Å². The van der Waals surface area contributed by atoms with Gasteiger partial charge in [0.05, 0.1) is 12.5 Å². The molecule has 1 aliphatic rings. The second-order valence-electron chi connectivity index (χ2n) is 4.43. The fourth-order valence-corrected chi connectivity index (χ4v) is 1.86. The summed E-state index contributed by atoms with van der Waals surface area (Å²) in [5.74, 6) is 0.0781. The number of carbonyl (C=O) groups is 1. The number of ether oxygens (including phenoxy) is 1. The molecule has 0 radical (unpaired) electrons. The third kappa shape index (κ3) is 3.05. The SMILES string of the molecule is COCc1ccccc1CNC(=O)C1CC1N. The first kappa shape index (κ1) is 12.1. The lowest BCUT2D eigenvalue weighted by Crippen LogP contribution is -2.27. The summed E-state index contributed by atoms with van der Waals surface area (Å²) in [4.78, 5) is 11.6. The maximum atomic E-state index is 11.6. The van der Waals surface area contributed by atoms with Crippen LogP contribution in [0, 0.1) is 5.92 Å². The fraction of sp³-hybridized carbons (Fsp3) is 0.462. The van der Waals surface area contributed by atoms with Gasteiger partial charge in [-0.25, -0.2) is 0 Å². The Bertz CT molecular complexity index is 406. The zero-order chi connectivity index (χ0) is 12.3. The molecular formula is C13H18N2O2. The van der Waals surface area contributed by atoms with Gasteiger partial charge >= 0.3 is 0 Å². The molecule has 1 aliphatic carbocycles. The molecule has 2 unspecified atom stereocenters. The first-order valence-corrected chi connectivity index (χ1v) is 5.81. The second-order valence-corrected chi connectivity index (χ2v) is 4.43. The number of nitrogens with two attached hydrogens (primary N) is 1. The van der Waals surface area contributed by atoms with Crippen LogP contribution in [0.2, 0.25) is 0 Å². The molecule has 2 rings (SSSR count). The maximum Gasteiger partial charge on any atom is 0.225 e. The lowest BCUT2D eigenvalue weighted by molar-refractivity contribution is -0.122. The van der Waals surface area contributed by atoms with E-state index in [4.69, 9.17) is 10.5 Å². The lowest BCUT2D eigenvalue weighted by Gasteiger charge is -2.09. The molecule has 0 spiro atoms. The Balaban J connectivity index is 1.91. The molecule has 1 aromatic rings. The molecule has 0 aliphatic heterocycles. The maximum absolute atomic E-state index is 11.6. The van der Waals surface area contributed by atoms with Gasteiger partial charge in [0, 0.05) is 19.7 Å². The van der Waals surface area contributed by atoms with Crippen molar-refractivity contribution in [3.63, 3.8) is 0 Å². The largest absolute Gasteiger partial charge is 0.380 e. The van der Waals surface area contributed by atoms with E-state index in [1.165, 1.54) is 0 Å². The van der Waals surface area contributed by atoms with Crippen LogP contribution in [0.5, 0.6) is 0 Å². The molecule has 0 aromatic heterocycles. The van der Waals surface area contributed by atoms with Gasteiger partial charge < -0.3 is 15.8 Å². The van der Waals surface area contributed by atoms with Gasteiger partial charge in [0.1, 0.15) is 0 Å². The van der Waals surface area contributed by atoms with Gasteiger partial charge in [-0.2, -0.15) is 0 Å².